The van der Waals surface area contributed by atoms with Crippen LogP contribution in [0.4, 0.5) is 5.82 Å². The van der Waals surface area contributed by atoms with Crippen molar-refractivity contribution in [2.75, 3.05) is 5.73 Å². The van der Waals surface area contributed by atoms with Crippen molar-refractivity contribution in [1.82, 2.24) is 19.7 Å². The molecule has 1 unspecified atom stereocenters. The number of pyridine rings is 3. The molecular formula is C26H31N5O4S. The molecule has 3 N–H and O–H groups in total. The molecule has 190 valence electrons. The quantitative estimate of drug-likeness (QED) is 0.484. The minimum Gasteiger partial charge on any atom is -0.475 e. The number of nitrogens with two attached hydrogens (primary N) is 1. The van der Waals surface area contributed by atoms with E-state index in [4.69, 9.17) is 15.5 Å². The Morgan fingerprint density at radius 1 is 1.06 bits per heavy atom. The molecule has 4 rings (SSSR count). The van der Waals surface area contributed by atoms with Crippen LogP contribution >= 0.6 is 0 Å². The second-order valence-corrected chi connectivity index (χ2v) is 11.2. The first-order valence-corrected chi connectivity index (χ1v) is 13.5. The molecule has 3 atom stereocenters. The average molecular weight is 510 g/mol. The second kappa shape index (κ2) is 10.2. The van der Waals surface area contributed by atoms with Gasteiger partial charge >= 0.3 is 0 Å². The largest absolute Gasteiger partial charge is 0.475 e. The Balaban J connectivity index is 1.71. The Bertz CT molecular complexity index is 1350. The molecule has 0 radical (unpaired) electrons. The Kier molecular flexibility index (Phi) is 7.26. The Morgan fingerprint density at radius 2 is 1.78 bits per heavy atom. The lowest BCUT2D eigenvalue weighted by atomic mass is 9.85. The van der Waals surface area contributed by atoms with E-state index < -0.39 is 15.9 Å². The van der Waals surface area contributed by atoms with Crippen LogP contribution in [0.1, 0.15) is 62.5 Å². The minimum absolute atomic E-state index is 0.00928. The number of amides is 1. The summed E-state index contributed by atoms with van der Waals surface area (Å²) >= 11 is 0. The number of nitrogens with zero attached hydrogens (tertiary/aromatic N) is 3. The third-order valence-corrected chi connectivity index (χ3v) is 7.66. The summed E-state index contributed by atoms with van der Waals surface area (Å²) in [5.74, 6) is 0.407. The van der Waals surface area contributed by atoms with Gasteiger partial charge in [0.1, 0.15) is 5.82 Å². The molecule has 0 aliphatic heterocycles. The average Bonchev–Trinajstić information content (AvgIpc) is 3.16. The van der Waals surface area contributed by atoms with Crippen molar-refractivity contribution in [3.63, 3.8) is 0 Å². The van der Waals surface area contributed by atoms with E-state index in [0.29, 0.717) is 29.1 Å². The van der Waals surface area contributed by atoms with Crippen LogP contribution in [0.25, 0.3) is 11.3 Å². The lowest BCUT2D eigenvalue weighted by Gasteiger charge is -2.23. The monoisotopic (exact) mass is 509 g/mol. The first kappa shape index (κ1) is 25.6. The van der Waals surface area contributed by atoms with Crippen LogP contribution in [0.5, 0.6) is 5.88 Å². The van der Waals surface area contributed by atoms with Gasteiger partial charge in [0.15, 0.2) is 5.03 Å². The first-order valence-electron chi connectivity index (χ1n) is 12.0. The Labute approximate surface area is 211 Å². The van der Waals surface area contributed by atoms with Gasteiger partial charge in [-0.15, -0.1) is 0 Å². The van der Waals surface area contributed by atoms with Gasteiger partial charge in [-0.25, -0.2) is 14.7 Å². The number of aromatic nitrogens is 3. The Morgan fingerprint density at radius 3 is 2.39 bits per heavy atom. The highest BCUT2D eigenvalue weighted by Crippen LogP contribution is 2.44. The minimum atomic E-state index is -4.22. The summed E-state index contributed by atoms with van der Waals surface area (Å²) in [5.41, 5.74) is 7.86. The Hall–Kier alpha value is -3.53. The summed E-state index contributed by atoms with van der Waals surface area (Å²) in [4.78, 5) is 26.4. The summed E-state index contributed by atoms with van der Waals surface area (Å²) in [6, 6.07) is 11.2. The number of hydrogen-bond donors (Lipinski definition) is 2. The van der Waals surface area contributed by atoms with Crippen LogP contribution in [0.2, 0.25) is 0 Å². The molecule has 1 aliphatic rings. The van der Waals surface area contributed by atoms with Crippen molar-refractivity contribution in [2.45, 2.75) is 57.6 Å². The van der Waals surface area contributed by atoms with E-state index >= 15 is 0 Å². The van der Waals surface area contributed by atoms with Gasteiger partial charge in [0.05, 0.1) is 23.1 Å². The molecule has 1 saturated carbocycles. The summed E-state index contributed by atoms with van der Waals surface area (Å²) in [5, 5.41) is -0.320. The molecule has 3 aromatic heterocycles. The number of carbonyl (C=O) groups is 1. The van der Waals surface area contributed by atoms with E-state index in [2.05, 4.69) is 28.5 Å². The fraction of sp³-hybridized carbons (Fsp3) is 0.385. The lowest BCUT2D eigenvalue weighted by molar-refractivity contribution is 0.0979. The standard InChI is InChI=1S/C26H31N5O4S/c1-15(2)35-22-13-10-18(14-28-22)20-12-11-19(25(29-20)24-16(3)8-9-17(24)4)26(32)31-36(33,34)23-7-5-6-21(27)30-23/h5-7,10-17,24H,8-9H2,1-4H3,(H2,27,30)(H,31,32)/t16-,17+,24?. The van der Waals surface area contributed by atoms with Crippen LogP contribution in [-0.2, 0) is 10.0 Å². The molecule has 36 heavy (non-hydrogen) atoms. The number of rotatable bonds is 7. The zero-order valence-electron chi connectivity index (χ0n) is 20.8. The van der Waals surface area contributed by atoms with Gasteiger partial charge in [-0.05, 0) is 68.9 Å². The molecule has 1 amide bonds. The number of anilines is 1. The summed E-state index contributed by atoms with van der Waals surface area (Å²) in [7, 11) is -4.22. The fourth-order valence-electron chi connectivity index (χ4n) is 4.72. The number of hydrogen-bond acceptors (Lipinski definition) is 8. The molecule has 9 nitrogen and oxygen atoms in total. The van der Waals surface area contributed by atoms with Gasteiger partial charge in [-0.3, -0.25) is 9.78 Å². The van der Waals surface area contributed by atoms with Gasteiger partial charge in [-0.1, -0.05) is 19.9 Å². The van der Waals surface area contributed by atoms with Crippen molar-refractivity contribution in [1.29, 1.82) is 0 Å². The fourth-order valence-corrected chi connectivity index (χ4v) is 5.66. The summed E-state index contributed by atoms with van der Waals surface area (Å²) < 4.78 is 33.4. The van der Waals surface area contributed by atoms with Crippen LogP contribution in [0, 0.1) is 11.8 Å². The van der Waals surface area contributed by atoms with E-state index in [0.717, 1.165) is 18.4 Å². The summed E-state index contributed by atoms with van der Waals surface area (Å²) in [6.07, 6.45) is 3.70. The van der Waals surface area contributed by atoms with Crippen molar-refractivity contribution < 1.29 is 17.9 Å². The van der Waals surface area contributed by atoms with Crippen molar-refractivity contribution in [2.24, 2.45) is 11.8 Å². The second-order valence-electron chi connectivity index (χ2n) is 9.57. The third-order valence-electron chi connectivity index (χ3n) is 6.42. The number of sulfonamides is 1. The van der Waals surface area contributed by atoms with E-state index in [-0.39, 0.29) is 28.4 Å². The zero-order chi connectivity index (χ0) is 26.0. The molecule has 0 spiro atoms. The molecule has 1 fully saturated rings. The molecular weight excluding hydrogens is 478 g/mol. The lowest BCUT2D eigenvalue weighted by Crippen LogP contribution is -2.33. The highest BCUT2D eigenvalue weighted by molar-refractivity contribution is 7.90. The number of nitrogens with one attached hydrogen (secondary N) is 1. The molecule has 3 aromatic rings. The topological polar surface area (TPSA) is 137 Å². The maximum absolute atomic E-state index is 13.3. The predicted octanol–water partition coefficient (Wildman–Crippen LogP) is 4.18. The predicted molar refractivity (Wildman–Crippen MR) is 137 cm³/mol. The highest BCUT2D eigenvalue weighted by atomic mass is 32.2. The maximum Gasteiger partial charge on any atom is 0.281 e. The summed E-state index contributed by atoms with van der Waals surface area (Å²) in [6.45, 7) is 8.13. The number of ether oxygens (including phenoxy) is 1. The number of carbonyl (C=O) groups excluding carboxylic acids is 1. The third kappa shape index (κ3) is 5.48. The smallest absolute Gasteiger partial charge is 0.281 e. The van der Waals surface area contributed by atoms with E-state index in [9.17, 15) is 13.2 Å². The molecule has 1 aliphatic carbocycles. The molecule has 10 heteroatoms. The van der Waals surface area contributed by atoms with Crippen molar-refractivity contribution in [3.05, 3.63) is 59.9 Å². The van der Waals surface area contributed by atoms with Gasteiger partial charge in [-0.2, -0.15) is 8.42 Å². The maximum atomic E-state index is 13.3. The normalized spacial score (nSPS) is 19.9. The molecule has 0 aromatic carbocycles. The number of nitrogen functional groups attached to an aromatic ring is 1. The van der Waals surface area contributed by atoms with E-state index in [1.807, 2.05) is 19.9 Å². The van der Waals surface area contributed by atoms with Gasteiger partial charge in [0.2, 0.25) is 5.88 Å². The van der Waals surface area contributed by atoms with E-state index in [1.54, 1.807) is 24.4 Å². The van der Waals surface area contributed by atoms with Gasteiger partial charge < -0.3 is 10.5 Å². The first-order chi connectivity index (χ1) is 17.0. The van der Waals surface area contributed by atoms with Crippen molar-refractivity contribution >= 4 is 21.7 Å². The molecule has 0 bridgehead atoms. The van der Waals surface area contributed by atoms with Gasteiger partial charge in [0, 0.05) is 23.7 Å². The SMILES string of the molecule is CC(C)Oc1ccc(-c2ccc(C(=O)NS(=O)(=O)c3cccc(N)n3)c(C3[C@H](C)CC[C@@H]3C)n2)cn1. The van der Waals surface area contributed by atoms with Crippen LogP contribution in [0.15, 0.2) is 53.7 Å². The van der Waals surface area contributed by atoms with Crippen LogP contribution < -0.4 is 15.2 Å². The highest BCUT2D eigenvalue weighted by Gasteiger charge is 2.36. The van der Waals surface area contributed by atoms with Crippen LogP contribution in [0.3, 0.4) is 0 Å². The molecule has 3 heterocycles. The van der Waals surface area contributed by atoms with E-state index in [1.165, 1.54) is 18.2 Å². The van der Waals surface area contributed by atoms with Gasteiger partial charge in [0.25, 0.3) is 15.9 Å². The molecule has 0 saturated heterocycles. The van der Waals surface area contributed by atoms with Crippen LogP contribution in [-0.4, -0.2) is 35.4 Å². The zero-order valence-corrected chi connectivity index (χ0v) is 21.6. The van der Waals surface area contributed by atoms with Crippen molar-refractivity contribution in [3.8, 4) is 17.1 Å².